The second-order valence-electron chi connectivity index (χ2n) is 6.07. The number of aryl methyl sites for hydroxylation is 4. The molecule has 0 aliphatic heterocycles. The molecule has 0 unspecified atom stereocenters. The maximum absolute atomic E-state index is 12.5. The summed E-state index contributed by atoms with van der Waals surface area (Å²) in [6.07, 6.45) is 0. The summed E-state index contributed by atoms with van der Waals surface area (Å²) in [4.78, 5) is 29.0. The minimum Gasteiger partial charge on any atom is -0.300 e. The summed E-state index contributed by atoms with van der Waals surface area (Å²) in [5, 5.41) is 6.18. The van der Waals surface area contributed by atoms with Gasteiger partial charge in [-0.05, 0) is 44.9 Å². The number of hydrogen-bond donors (Lipinski definition) is 1. The quantitative estimate of drug-likeness (QED) is 0.795. The number of aromatic nitrogens is 2. The van der Waals surface area contributed by atoms with Crippen LogP contribution in [0.3, 0.4) is 0 Å². The van der Waals surface area contributed by atoms with Crippen LogP contribution < -0.4 is 10.9 Å². The van der Waals surface area contributed by atoms with Gasteiger partial charge in [-0.1, -0.05) is 11.6 Å². The Labute approximate surface area is 144 Å². The van der Waals surface area contributed by atoms with Gasteiger partial charge < -0.3 is 5.32 Å². The average Bonchev–Trinajstić information content (AvgIpc) is 2.88. The van der Waals surface area contributed by atoms with Gasteiger partial charge in [0.15, 0.2) is 5.13 Å². The third-order valence-corrected chi connectivity index (χ3v) is 4.79. The Morgan fingerprint density at radius 3 is 2.58 bits per heavy atom. The van der Waals surface area contributed by atoms with Crippen LogP contribution in [0.25, 0.3) is 10.9 Å². The van der Waals surface area contributed by atoms with Crippen LogP contribution in [0.15, 0.2) is 28.4 Å². The lowest BCUT2D eigenvalue weighted by molar-refractivity contribution is -0.116. The molecule has 0 saturated carbocycles. The van der Waals surface area contributed by atoms with Crippen molar-refractivity contribution in [1.29, 1.82) is 0 Å². The van der Waals surface area contributed by atoms with Gasteiger partial charge in [-0.2, -0.15) is 0 Å². The van der Waals surface area contributed by atoms with Gasteiger partial charge in [-0.15, -0.1) is 11.3 Å². The third kappa shape index (κ3) is 3.10. The van der Waals surface area contributed by atoms with Crippen LogP contribution in [0.1, 0.15) is 22.4 Å². The lowest BCUT2D eigenvalue weighted by atomic mass is 10.0. The van der Waals surface area contributed by atoms with Crippen molar-refractivity contribution in [2.45, 2.75) is 34.2 Å². The highest BCUT2D eigenvalue weighted by Crippen LogP contribution is 2.22. The van der Waals surface area contributed by atoms with Crippen LogP contribution in [0, 0.1) is 27.7 Å². The number of amides is 1. The number of benzene rings is 1. The summed E-state index contributed by atoms with van der Waals surface area (Å²) in [5.74, 6) is -0.253. The number of fused-ring (bicyclic) bond motifs is 1. The highest BCUT2D eigenvalue weighted by atomic mass is 32.1. The molecule has 124 valence electrons. The number of hydrogen-bond acceptors (Lipinski definition) is 4. The van der Waals surface area contributed by atoms with E-state index >= 15 is 0 Å². The fourth-order valence-corrected chi connectivity index (χ4v) is 3.65. The summed E-state index contributed by atoms with van der Waals surface area (Å²) in [5.41, 5.74) is 4.56. The van der Waals surface area contributed by atoms with Gasteiger partial charge in [0.25, 0.3) is 5.56 Å². The second-order valence-corrected chi connectivity index (χ2v) is 6.93. The molecule has 0 bridgehead atoms. The van der Waals surface area contributed by atoms with E-state index in [1.807, 2.05) is 39.1 Å². The first-order valence-electron chi connectivity index (χ1n) is 7.68. The monoisotopic (exact) mass is 341 g/mol. The van der Waals surface area contributed by atoms with Gasteiger partial charge >= 0.3 is 0 Å². The molecule has 5 nitrogen and oxygen atoms in total. The minimum absolute atomic E-state index is 0.0296. The van der Waals surface area contributed by atoms with Gasteiger partial charge in [-0.25, -0.2) is 4.98 Å². The molecule has 3 aromatic rings. The number of thiazole rings is 1. The van der Waals surface area contributed by atoms with Gasteiger partial charge in [0.2, 0.25) is 5.91 Å². The number of carbonyl (C=O) groups is 1. The maximum Gasteiger partial charge on any atom is 0.251 e. The Morgan fingerprint density at radius 1 is 1.17 bits per heavy atom. The SMILES string of the molecule is Cc1cc(C)c2c(c1)c(C)cc(=O)n2CC(=O)Nc1nc(C)cs1. The predicted molar refractivity (Wildman–Crippen MR) is 97.9 cm³/mol. The Balaban J connectivity index is 2.03. The lowest BCUT2D eigenvalue weighted by Gasteiger charge is -2.14. The Bertz CT molecular complexity index is 1000. The van der Waals surface area contributed by atoms with Crippen LogP contribution in [0.5, 0.6) is 0 Å². The molecule has 3 rings (SSSR count). The molecule has 0 radical (unpaired) electrons. The summed E-state index contributed by atoms with van der Waals surface area (Å²) in [6.45, 7) is 7.75. The molecule has 0 aliphatic rings. The summed E-state index contributed by atoms with van der Waals surface area (Å²) < 4.78 is 1.53. The standard InChI is InChI=1S/C18H19N3O2S/c1-10-5-12(3)17-14(6-10)11(2)7-16(23)21(17)8-15(22)20-18-19-13(4)9-24-18/h5-7,9H,8H2,1-4H3,(H,19,20,22). The van der Waals surface area contributed by atoms with E-state index in [-0.39, 0.29) is 18.0 Å². The van der Waals surface area contributed by atoms with Crippen molar-refractivity contribution in [2.24, 2.45) is 0 Å². The average molecular weight is 341 g/mol. The minimum atomic E-state index is -0.253. The second kappa shape index (κ2) is 6.20. The van der Waals surface area contributed by atoms with Crippen molar-refractivity contribution in [3.05, 3.63) is 56.3 Å². The molecule has 0 aliphatic carbocycles. The van der Waals surface area contributed by atoms with Gasteiger partial charge in [0.1, 0.15) is 6.54 Å². The summed E-state index contributed by atoms with van der Waals surface area (Å²) >= 11 is 1.37. The van der Waals surface area contributed by atoms with E-state index in [2.05, 4.69) is 16.4 Å². The first-order chi connectivity index (χ1) is 11.3. The molecule has 1 amide bonds. The highest BCUT2D eigenvalue weighted by molar-refractivity contribution is 7.13. The first-order valence-corrected chi connectivity index (χ1v) is 8.56. The molecule has 0 atom stereocenters. The van der Waals surface area contributed by atoms with E-state index in [0.29, 0.717) is 5.13 Å². The van der Waals surface area contributed by atoms with Crippen LogP contribution in [0.2, 0.25) is 0 Å². The van der Waals surface area contributed by atoms with Crippen molar-refractivity contribution in [2.75, 3.05) is 5.32 Å². The molecule has 0 saturated heterocycles. The maximum atomic E-state index is 12.5. The number of carbonyl (C=O) groups excluding carboxylic acids is 1. The zero-order valence-corrected chi connectivity index (χ0v) is 15.0. The smallest absolute Gasteiger partial charge is 0.251 e. The normalized spacial score (nSPS) is 11.0. The van der Waals surface area contributed by atoms with Crippen LogP contribution in [-0.4, -0.2) is 15.5 Å². The van der Waals surface area contributed by atoms with Gasteiger partial charge in [0.05, 0.1) is 11.2 Å². The van der Waals surface area contributed by atoms with Crippen LogP contribution >= 0.6 is 11.3 Å². The van der Waals surface area contributed by atoms with Crippen molar-refractivity contribution in [3.8, 4) is 0 Å². The largest absolute Gasteiger partial charge is 0.300 e. The Hall–Kier alpha value is -2.47. The molecule has 2 heterocycles. The van der Waals surface area contributed by atoms with E-state index in [1.165, 1.54) is 15.9 Å². The molecule has 0 spiro atoms. The van der Waals surface area contributed by atoms with Crippen molar-refractivity contribution in [3.63, 3.8) is 0 Å². The van der Waals surface area contributed by atoms with E-state index < -0.39 is 0 Å². The van der Waals surface area contributed by atoms with E-state index in [1.54, 1.807) is 6.07 Å². The molecular formula is C18H19N3O2S. The fraction of sp³-hybridized carbons (Fsp3) is 0.278. The number of rotatable bonds is 3. The topological polar surface area (TPSA) is 64.0 Å². The molecule has 2 aromatic heterocycles. The van der Waals surface area contributed by atoms with Crippen molar-refractivity contribution >= 4 is 33.3 Å². The number of nitrogens with one attached hydrogen (secondary N) is 1. The van der Waals surface area contributed by atoms with Crippen LogP contribution in [-0.2, 0) is 11.3 Å². The molecule has 1 N–H and O–H groups in total. The molecule has 1 aromatic carbocycles. The third-order valence-electron chi connectivity index (χ3n) is 3.91. The Kier molecular flexibility index (Phi) is 4.24. The van der Waals surface area contributed by atoms with E-state index in [4.69, 9.17) is 0 Å². The van der Waals surface area contributed by atoms with E-state index in [0.717, 1.165) is 33.3 Å². The zero-order valence-electron chi connectivity index (χ0n) is 14.1. The number of nitrogens with zero attached hydrogens (tertiary/aromatic N) is 2. The summed E-state index contributed by atoms with van der Waals surface area (Å²) in [6, 6.07) is 5.66. The van der Waals surface area contributed by atoms with Crippen LogP contribution in [0.4, 0.5) is 5.13 Å². The zero-order chi connectivity index (χ0) is 17.4. The number of anilines is 1. The van der Waals surface area contributed by atoms with Gasteiger partial charge in [0, 0.05) is 16.8 Å². The predicted octanol–water partition coefficient (Wildman–Crippen LogP) is 3.33. The number of pyridine rings is 1. The van der Waals surface area contributed by atoms with Crippen molar-refractivity contribution in [1.82, 2.24) is 9.55 Å². The fourth-order valence-electron chi connectivity index (χ4n) is 2.94. The van der Waals surface area contributed by atoms with Gasteiger partial charge in [-0.3, -0.25) is 14.2 Å². The molecule has 24 heavy (non-hydrogen) atoms. The molecule has 6 heteroatoms. The van der Waals surface area contributed by atoms with E-state index in [9.17, 15) is 9.59 Å². The lowest BCUT2D eigenvalue weighted by Crippen LogP contribution is -2.28. The first kappa shape index (κ1) is 16.4. The van der Waals surface area contributed by atoms with Crippen molar-refractivity contribution < 1.29 is 4.79 Å². The molecule has 0 fully saturated rings. The molecular weight excluding hydrogens is 322 g/mol. The summed E-state index contributed by atoms with van der Waals surface area (Å²) in [7, 11) is 0. The Morgan fingerprint density at radius 2 is 1.92 bits per heavy atom. The highest BCUT2D eigenvalue weighted by Gasteiger charge is 2.13.